The van der Waals surface area contributed by atoms with Gasteiger partial charge >= 0.3 is 0 Å². The zero-order valence-corrected chi connectivity index (χ0v) is 12.8. The van der Waals surface area contributed by atoms with Crippen molar-refractivity contribution in [1.82, 2.24) is 0 Å². The summed E-state index contributed by atoms with van der Waals surface area (Å²) in [6.07, 6.45) is 5.05. The van der Waals surface area contributed by atoms with Crippen LogP contribution < -0.4 is 0 Å². The van der Waals surface area contributed by atoms with Gasteiger partial charge in [-0.3, -0.25) is 0 Å². The fourth-order valence-electron chi connectivity index (χ4n) is 3.10. The highest BCUT2D eigenvalue weighted by Crippen LogP contribution is 2.42. The number of hydrogen-bond donors (Lipinski definition) is 1. The van der Waals surface area contributed by atoms with E-state index in [1.807, 2.05) is 0 Å². The van der Waals surface area contributed by atoms with Gasteiger partial charge in [0.15, 0.2) is 0 Å². The van der Waals surface area contributed by atoms with E-state index in [4.69, 9.17) is 0 Å². The molecular formula is C15H21IO. The minimum Gasteiger partial charge on any atom is -0.390 e. The van der Waals surface area contributed by atoms with Crippen molar-refractivity contribution >= 4 is 22.6 Å². The highest BCUT2D eigenvalue weighted by atomic mass is 127. The molecule has 2 rings (SSSR count). The topological polar surface area (TPSA) is 20.2 Å². The Balaban J connectivity index is 2.09. The lowest BCUT2D eigenvalue weighted by molar-refractivity contribution is -0.0382. The summed E-state index contributed by atoms with van der Waals surface area (Å²) < 4.78 is 1.25. The van der Waals surface area contributed by atoms with Gasteiger partial charge in [-0.25, -0.2) is 0 Å². The molecule has 0 heterocycles. The first kappa shape index (κ1) is 13.3. The molecule has 94 valence electrons. The van der Waals surface area contributed by atoms with Crippen molar-refractivity contribution in [2.45, 2.75) is 51.6 Å². The van der Waals surface area contributed by atoms with Gasteiger partial charge in [-0.05, 0) is 65.0 Å². The maximum Gasteiger partial charge on any atom is 0.0693 e. The van der Waals surface area contributed by atoms with Crippen LogP contribution in [-0.2, 0) is 6.42 Å². The van der Waals surface area contributed by atoms with E-state index in [0.717, 1.165) is 25.7 Å². The molecule has 1 aliphatic rings. The van der Waals surface area contributed by atoms with Gasteiger partial charge in [-0.15, -0.1) is 0 Å². The van der Waals surface area contributed by atoms with E-state index in [2.05, 4.69) is 60.7 Å². The van der Waals surface area contributed by atoms with Crippen molar-refractivity contribution in [3.63, 3.8) is 0 Å². The quantitative estimate of drug-likeness (QED) is 0.799. The molecular weight excluding hydrogens is 323 g/mol. The molecule has 1 aromatic carbocycles. The summed E-state index contributed by atoms with van der Waals surface area (Å²) in [6, 6.07) is 8.52. The van der Waals surface area contributed by atoms with E-state index in [-0.39, 0.29) is 5.41 Å². The molecule has 1 unspecified atom stereocenters. The number of halogens is 1. The van der Waals surface area contributed by atoms with E-state index in [1.165, 1.54) is 15.6 Å². The van der Waals surface area contributed by atoms with Gasteiger partial charge in [0.25, 0.3) is 0 Å². The molecule has 0 amide bonds. The largest absolute Gasteiger partial charge is 0.390 e. The maximum atomic E-state index is 10.7. The van der Waals surface area contributed by atoms with E-state index in [1.54, 1.807) is 0 Å². The van der Waals surface area contributed by atoms with Crippen LogP contribution in [0.4, 0.5) is 0 Å². The van der Waals surface area contributed by atoms with Gasteiger partial charge < -0.3 is 5.11 Å². The Hall–Kier alpha value is -0.0900. The average molecular weight is 344 g/mol. The van der Waals surface area contributed by atoms with Crippen LogP contribution >= 0.6 is 22.6 Å². The third-order valence-corrected chi connectivity index (χ3v) is 4.47. The van der Waals surface area contributed by atoms with Gasteiger partial charge in [0.2, 0.25) is 0 Å². The number of benzene rings is 1. The first-order valence-electron chi connectivity index (χ1n) is 6.36. The first-order chi connectivity index (χ1) is 7.89. The van der Waals surface area contributed by atoms with E-state index < -0.39 is 5.60 Å². The van der Waals surface area contributed by atoms with Crippen molar-refractivity contribution < 1.29 is 5.11 Å². The van der Waals surface area contributed by atoms with Gasteiger partial charge in [0, 0.05) is 9.99 Å². The van der Waals surface area contributed by atoms with E-state index in [9.17, 15) is 5.11 Å². The standard InChI is InChI=1S/C15H21IO/c1-14(2)8-3-9-15(17,11-14)10-12-4-6-13(16)7-5-12/h4-7,17H,3,8-11H2,1-2H3. The molecule has 0 aromatic heterocycles. The Bertz CT molecular complexity index is 382. The molecule has 0 saturated heterocycles. The first-order valence-corrected chi connectivity index (χ1v) is 7.43. The Labute approximate surface area is 118 Å². The lowest BCUT2D eigenvalue weighted by Crippen LogP contribution is -2.40. The van der Waals surface area contributed by atoms with Crippen LogP contribution in [0.2, 0.25) is 0 Å². The zero-order chi connectivity index (χ0) is 12.5. The molecule has 1 saturated carbocycles. The van der Waals surface area contributed by atoms with Crippen molar-refractivity contribution in [1.29, 1.82) is 0 Å². The van der Waals surface area contributed by atoms with E-state index >= 15 is 0 Å². The van der Waals surface area contributed by atoms with Crippen LogP contribution in [-0.4, -0.2) is 10.7 Å². The summed E-state index contributed by atoms with van der Waals surface area (Å²) in [5, 5.41) is 10.7. The third-order valence-electron chi connectivity index (χ3n) is 3.75. The molecule has 0 aliphatic heterocycles. The summed E-state index contributed by atoms with van der Waals surface area (Å²) in [5.74, 6) is 0. The van der Waals surface area contributed by atoms with Crippen molar-refractivity contribution in [3.05, 3.63) is 33.4 Å². The van der Waals surface area contributed by atoms with Crippen LogP contribution in [0, 0.1) is 8.99 Å². The van der Waals surface area contributed by atoms with Gasteiger partial charge in [-0.1, -0.05) is 32.4 Å². The molecule has 1 aromatic rings. The molecule has 0 bridgehead atoms. The number of aliphatic hydroxyl groups is 1. The average Bonchev–Trinajstić information content (AvgIpc) is 2.19. The monoisotopic (exact) mass is 344 g/mol. The summed E-state index contributed by atoms with van der Waals surface area (Å²) >= 11 is 2.31. The highest BCUT2D eigenvalue weighted by Gasteiger charge is 2.38. The molecule has 1 nitrogen and oxygen atoms in total. The minimum absolute atomic E-state index is 0.288. The summed E-state index contributed by atoms with van der Waals surface area (Å²) in [5.41, 5.74) is 1.05. The fourth-order valence-corrected chi connectivity index (χ4v) is 3.46. The predicted molar refractivity (Wildman–Crippen MR) is 80.1 cm³/mol. The third kappa shape index (κ3) is 3.68. The zero-order valence-electron chi connectivity index (χ0n) is 10.7. The predicted octanol–water partition coefficient (Wildman–Crippen LogP) is 4.17. The second-order valence-electron chi connectivity index (χ2n) is 6.22. The highest BCUT2D eigenvalue weighted by molar-refractivity contribution is 14.1. The summed E-state index contributed by atoms with van der Waals surface area (Å²) in [4.78, 5) is 0. The van der Waals surface area contributed by atoms with Gasteiger partial charge in [0.05, 0.1) is 5.60 Å². The lowest BCUT2D eigenvalue weighted by atomic mass is 9.68. The second kappa shape index (κ2) is 4.88. The van der Waals surface area contributed by atoms with Crippen LogP contribution in [0.25, 0.3) is 0 Å². The summed E-state index contributed by atoms with van der Waals surface area (Å²) in [7, 11) is 0. The number of hydrogen-bond acceptors (Lipinski definition) is 1. The smallest absolute Gasteiger partial charge is 0.0693 e. The SMILES string of the molecule is CC1(C)CCCC(O)(Cc2ccc(I)cc2)C1. The second-order valence-corrected chi connectivity index (χ2v) is 7.47. The Kier molecular flexibility index (Phi) is 3.83. The van der Waals surface area contributed by atoms with Crippen LogP contribution in [0.15, 0.2) is 24.3 Å². The molecule has 2 heteroatoms. The van der Waals surface area contributed by atoms with Crippen molar-refractivity contribution in [3.8, 4) is 0 Å². The van der Waals surface area contributed by atoms with Crippen LogP contribution in [0.5, 0.6) is 0 Å². The normalized spacial score (nSPS) is 28.0. The maximum absolute atomic E-state index is 10.7. The Morgan fingerprint density at radius 1 is 1.18 bits per heavy atom. The number of rotatable bonds is 2. The molecule has 1 fully saturated rings. The Morgan fingerprint density at radius 3 is 2.41 bits per heavy atom. The molecule has 1 atom stereocenters. The van der Waals surface area contributed by atoms with E-state index in [0.29, 0.717) is 0 Å². The van der Waals surface area contributed by atoms with Crippen LogP contribution in [0.3, 0.4) is 0 Å². The fraction of sp³-hybridized carbons (Fsp3) is 0.600. The molecule has 17 heavy (non-hydrogen) atoms. The minimum atomic E-state index is -0.492. The molecule has 0 radical (unpaired) electrons. The Morgan fingerprint density at radius 2 is 1.82 bits per heavy atom. The van der Waals surface area contributed by atoms with Crippen molar-refractivity contribution in [2.24, 2.45) is 5.41 Å². The van der Waals surface area contributed by atoms with Gasteiger partial charge in [-0.2, -0.15) is 0 Å². The van der Waals surface area contributed by atoms with Crippen LogP contribution in [0.1, 0.15) is 45.1 Å². The summed E-state index contributed by atoms with van der Waals surface area (Å²) in [6.45, 7) is 4.54. The molecule has 1 N–H and O–H groups in total. The molecule has 0 spiro atoms. The lowest BCUT2D eigenvalue weighted by Gasteiger charge is -2.41. The van der Waals surface area contributed by atoms with Gasteiger partial charge in [0.1, 0.15) is 0 Å². The van der Waals surface area contributed by atoms with Crippen molar-refractivity contribution in [2.75, 3.05) is 0 Å². The molecule has 1 aliphatic carbocycles.